The second kappa shape index (κ2) is 7.57. The minimum absolute atomic E-state index is 0.208. The number of hydrogen-bond acceptors (Lipinski definition) is 3. The highest BCUT2D eigenvalue weighted by molar-refractivity contribution is 6.30. The third kappa shape index (κ3) is 5.07. The van der Waals surface area contributed by atoms with Crippen LogP contribution in [0.5, 0.6) is 0 Å². The second-order valence-corrected chi connectivity index (χ2v) is 5.21. The number of hydrogen-bond donors (Lipinski definition) is 2. The minimum atomic E-state index is -0.473. The lowest BCUT2D eigenvalue weighted by Gasteiger charge is -2.22. The monoisotopic (exact) mass is 300 g/mol. The highest BCUT2D eigenvalue weighted by Crippen LogP contribution is 2.18. The summed E-state index contributed by atoms with van der Waals surface area (Å²) in [4.78, 5) is 11.7. The second-order valence-electron chi connectivity index (χ2n) is 4.78. The van der Waals surface area contributed by atoms with Crippen LogP contribution in [-0.2, 0) is 9.53 Å². The van der Waals surface area contributed by atoms with Crippen molar-refractivity contribution in [3.05, 3.63) is 29.0 Å². The van der Waals surface area contributed by atoms with Crippen LogP contribution in [0.4, 0.5) is 10.1 Å². The standard InChI is InChI=1S/C14H18ClFN2O2/c15-10-7-11(16)9-12(8-10)18-14(19)3-6-20-13-1-4-17-5-2-13/h7-9,13,17H,1-6H2,(H,18,19). The van der Waals surface area contributed by atoms with Crippen LogP contribution < -0.4 is 10.6 Å². The van der Waals surface area contributed by atoms with Gasteiger partial charge in [-0.25, -0.2) is 4.39 Å². The van der Waals surface area contributed by atoms with Crippen molar-refractivity contribution in [2.45, 2.75) is 25.4 Å². The van der Waals surface area contributed by atoms with E-state index in [2.05, 4.69) is 10.6 Å². The molecule has 0 aromatic heterocycles. The van der Waals surface area contributed by atoms with Gasteiger partial charge >= 0.3 is 0 Å². The van der Waals surface area contributed by atoms with Gasteiger partial charge in [-0.2, -0.15) is 0 Å². The summed E-state index contributed by atoms with van der Waals surface area (Å²) in [6.07, 6.45) is 2.42. The number of carbonyl (C=O) groups excluding carboxylic acids is 1. The molecule has 0 atom stereocenters. The Kier molecular flexibility index (Phi) is 5.76. The van der Waals surface area contributed by atoms with Gasteiger partial charge in [0.15, 0.2) is 0 Å². The number of piperidine rings is 1. The minimum Gasteiger partial charge on any atom is -0.378 e. The fraction of sp³-hybridized carbons (Fsp3) is 0.500. The lowest BCUT2D eigenvalue weighted by molar-refractivity contribution is -0.117. The van der Waals surface area contributed by atoms with Gasteiger partial charge in [0.2, 0.25) is 5.91 Å². The number of anilines is 1. The largest absolute Gasteiger partial charge is 0.378 e. The summed E-state index contributed by atoms with van der Waals surface area (Å²) in [5.41, 5.74) is 0.363. The Morgan fingerprint density at radius 1 is 1.40 bits per heavy atom. The predicted molar refractivity (Wildman–Crippen MR) is 76.5 cm³/mol. The molecule has 1 heterocycles. The van der Waals surface area contributed by atoms with Crippen molar-refractivity contribution in [1.82, 2.24) is 5.32 Å². The van der Waals surface area contributed by atoms with E-state index in [0.717, 1.165) is 25.9 Å². The Bertz CT molecular complexity index is 444. The topological polar surface area (TPSA) is 50.4 Å². The molecule has 1 amide bonds. The van der Waals surface area contributed by atoms with Gasteiger partial charge < -0.3 is 15.4 Å². The lowest BCUT2D eigenvalue weighted by Crippen LogP contribution is -2.33. The van der Waals surface area contributed by atoms with Crippen molar-refractivity contribution >= 4 is 23.2 Å². The van der Waals surface area contributed by atoms with E-state index in [1.807, 2.05) is 0 Å². The van der Waals surface area contributed by atoms with Gasteiger partial charge in [0.1, 0.15) is 5.82 Å². The maximum atomic E-state index is 13.1. The molecule has 2 rings (SSSR count). The molecule has 0 unspecified atom stereocenters. The average Bonchev–Trinajstić information content (AvgIpc) is 2.38. The van der Waals surface area contributed by atoms with Crippen LogP contribution in [0.25, 0.3) is 0 Å². The van der Waals surface area contributed by atoms with Crippen LogP contribution >= 0.6 is 11.6 Å². The molecule has 0 spiro atoms. The van der Waals surface area contributed by atoms with E-state index in [1.165, 1.54) is 18.2 Å². The normalized spacial score (nSPS) is 16.1. The van der Waals surface area contributed by atoms with Crippen LogP contribution in [0.1, 0.15) is 19.3 Å². The smallest absolute Gasteiger partial charge is 0.226 e. The van der Waals surface area contributed by atoms with E-state index < -0.39 is 5.82 Å². The molecule has 1 aliphatic heterocycles. The first-order valence-corrected chi connectivity index (χ1v) is 7.09. The fourth-order valence-corrected chi connectivity index (χ4v) is 2.35. The number of halogens is 2. The highest BCUT2D eigenvalue weighted by Gasteiger charge is 2.13. The van der Waals surface area contributed by atoms with E-state index in [-0.39, 0.29) is 23.5 Å². The molecule has 2 N–H and O–H groups in total. The van der Waals surface area contributed by atoms with Crippen molar-refractivity contribution in [1.29, 1.82) is 0 Å². The molecule has 0 bridgehead atoms. The lowest BCUT2D eigenvalue weighted by atomic mass is 10.1. The summed E-state index contributed by atoms with van der Waals surface area (Å²) < 4.78 is 18.7. The van der Waals surface area contributed by atoms with E-state index in [4.69, 9.17) is 16.3 Å². The van der Waals surface area contributed by atoms with E-state index >= 15 is 0 Å². The fourth-order valence-electron chi connectivity index (χ4n) is 2.13. The summed E-state index contributed by atoms with van der Waals surface area (Å²) in [5.74, 6) is -0.681. The molecule has 20 heavy (non-hydrogen) atoms. The van der Waals surface area contributed by atoms with Gasteiger partial charge in [-0.05, 0) is 44.1 Å². The summed E-state index contributed by atoms with van der Waals surface area (Å²) in [6.45, 7) is 2.29. The van der Waals surface area contributed by atoms with Crippen LogP contribution in [-0.4, -0.2) is 31.7 Å². The molecular formula is C14H18ClFN2O2. The zero-order valence-corrected chi connectivity index (χ0v) is 11.9. The van der Waals surface area contributed by atoms with Crippen molar-refractivity contribution in [2.24, 2.45) is 0 Å². The molecule has 110 valence electrons. The van der Waals surface area contributed by atoms with Crippen LogP contribution in [0, 0.1) is 5.82 Å². The van der Waals surface area contributed by atoms with Crippen LogP contribution in [0.15, 0.2) is 18.2 Å². The molecule has 1 aliphatic rings. The molecule has 0 aliphatic carbocycles. The number of benzene rings is 1. The molecule has 1 fully saturated rings. The molecule has 0 saturated carbocycles. The van der Waals surface area contributed by atoms with Gasteiger partial charge in [0.25, 0.3) is 0 Å². The van der Waals surface area contributed by atoms with Crippen molar-refractivity contribution in [3.8, 4) is 0 Å². The first-order valence-electron chi connectivity index (χ1n) is 6.72. The first-order chi connectivity index (χ1) is 9.63. The maximum absolute atomic E-state index is 13.1. The molecule has 6 heteroatoms. The Morgan fingerprint density at radius 2 is 2.15 bits per heavy atom. The van der Waals surface area contributed by atoms with Crippen molar-refractivity contribution in [2.75, 3.05) is 25.0 Å². The van der Waals surface area contributed by atoms with Crippen molar-refractivity contribution in [3.63, 3.8) is 0 Å². The Morgan fingerprint density at radius 3 is 2.85 bits per heavy atom. The summed E-state index contributed by atoms with van der Waals surface area (Å²) in [6, 6.07) is 3.94. The van der Waals surface area contributed by atoms with Gasteiger partial charge in [-0.3, -0.25) is 4.79 Å². The Hall–Kier alpha value is -1.17. The summed E-state index contributed by atoms with van der Waals surface area (Å²) >= 11 is 5.72. The van der Waals surface area contributed by atoms with Gasteiger partial charge in [0, 0.05) is 10.7 Å². The third-order valence-electron chi connectivity index (χ3n) is 3.12. The van der Waals surface area contributed by atoms with Crippen LogP contribution in [0.3, 0.4) is 0 Å². The number of nitrogens with one attached hydrogen (secondary N) is 2. The number of rotatable bonds is 5. The van der Waals surface area contributed by atoms with Gasteiger partial charge in [0.05, 0.1) is 19.1 Å². The van der Waals surface area contributed by atoms with Crippen molar-refractivity contribution < 1.29 is 13.9 Å². The molecule has 4 nitrogen and oxygen atoms in total. The number of ether oxygens (including phenoxy) is 1. The summed E-state index contributed by atoms with van der Waals surface area (Å²) in [5, 5.41) is 6.11. The zero-order valence-electron chi connectivity index (χ0n) is 11.1. The molecule has 1 saturated heterocycles. The zero-order chi connectivity index (χ0) is 14.4. The van der Waals surface area contributed by atoms with E-state index in [0.29, 0.717) is 12.3 Å². The Labute approximate surface area is 122 Å². The highest BCUT2D eigenvalue weighted by atomic mass is 35.5. The summed E-state index contributed by atoms with van der Waals surface area (Å²) in [7, 11) is 0. The van der Waals surface area contributed by atoms with E-state index in [1.54, 1.807) is 0 Å². The molecular weight excluding hydrogens is 283 g/mol. The molecule has 0 radical (unpaired) electrons. The third-order valence-corrected chi connectivity index (χ3v) is 3.33. The first kappa shape index (κ1) is 15.2. The van der Waals surface area contributed by atoms with Gasteiger partial charge in [-0.15, -0.1) is 0 Å². The quantitative estimate of drug-likeness (QED) is 0.879. The SMILES string of the molecule is O=C(CCOC1CCNCC1)Nc1cc(F)cc(Cl)c1. The molecule has 1 aromatic rings. The Balaban J connectivity index is 1.72. The van der Waals surface area contributed by atoms with E-state index in [9.17, 15) is 9.18 Å². The predicted octanol–water partition coefficient (Wildman–Crippen LogP) is 2.58. The number of amides is 1. The maximum Gasteiger partial charge on any atom is 0.226 e. The molecule has 1 aromatic carbocycles. The van der Waals surface area contributed by atoms with Crippen LogP contribution in [0.2, 0.25) is 5.02 Å². The number of carbonyl (C=O) groups is 1. The van der Waals surface area contributed by atoms with Gasteiger partial charge in [-0.1, -0.05) is 11.6 Å². The average molecular weight is 301 g/mol.